The molecule has 0 fully saturated rings. The van der Waals surface area contributed by atoms with Gasteiger partial charge in [0.1, 0.15) is 0 Å². The summed E-state index contributed by atoms with van der Waals surface area (Å²) in [4.78, 5) is 5.28. The van der Waals surface area contributed by atoms with E-state index >= 15 is 0 Å². The summed E-state index contributed by atoms with van der Waals surface area (Å²) < 4.78 is 7.44. The molecule has 12 aromatic rings. The van der Waals surface area contributed by atoms with Crippen LogP contribution >= 0.6 is 23.5 Å². The quantitative estimate of drug-likeness (QED) is 0.176. The van der Waals surface area contributed by atoms with Gasteiger partial charge in [0.05, 0.1) is 38.0 Å². The maximum Gasteiger partial charge on any atom is 0.0692 e. The van der Waals surface area contributed by atoms with Crippen molar-refractivity contribution in [2.75, 3.05) is 0 Å². The van der Waals surface area contributed by atoms with Crippen molar-refractivity contribution in [1.82, 2.24) is 13.7 Å². The van der Waals surface area contributed by atoms with Crippen LogP contribution < -0.4 is 0 Å². The first-order valence-electron chi connectivity index (χ1n) is 21.3. The first-order chi connectivity index (χ1) is 30.5. The average molecular weight is 828 g/mol. The Labute approximate surface area is 366 Å². The average Bonchev–Trinajstić information content (AvgIpc) is 4.01. The lowest BCUT2D eigenvalue weighted by Gasteiger charge is -2.22. The maximum absolute atomic E-state index is 2.58. The Morgan fingerprint density at radius 2 is 0.935 bits per heavy atom. The molecule has 0 spiro atoms. The minimum absolute atomic E-state index is 0.152. The fourth-order valence-corrected chi connectivity index (χ4v) is 13.4. The number of fused-ring (bicyclic) bond motifs is 16. The zero-order valence-electron chi connectivity index (χ0n) is 34.1. The zero-order chi connectivity index (χ0) is 40.8. The number of benzene rings is 9. The first-order valence-corrected chi connectivity index (χ1v) is 23.0. The van der Waals surface area contributed by atoms with Gasteiger partial charge in [0.2, 0.25) is 0 Å². The van der Waals surface area contributed by atoms with Gasteiger partial charge in [-0.1, -0.05) is 140 Å². The van der Waals surface area contributed by atoms with Gasteiger partial charge in [0.25, 0.3) is 0 Å². The second kappa shape index (κ2) is 12.6. The summed E-state index contributed by atoms with van der Waals surface area (Å²) in [5.74, 6) is 0. The molecule has 0 saturated carbocycles. The zero-order valence-corrected chi connectivity index (χ0v) is 35.7. The van der Waals surface area contributed by atoms with E-state index in [-0.39, 0.29) is 5.41 Å². The Balaban J connectivity index is 1.03. The number of aromatic nitrogens is 3. The molecule has 0 unspecified atom stereocenters. The van der Waals surface area contributed by atoms with E-state index in [2.05, 4.69) is 216 Å². The molecule has 14 rings (SSSR count). The van der Waals surface area contributed by atoms with Gasteiger partial charge in [-0.3, -0.25) is 0 Å². The minimum atomic E-state index is -0.152. The highest BCUT2D eigenvalue weighted by atomic mass is 32.2. The lowest BCUT2D eigenvalue weighted by molar-refractivity contribution is 0.666. The number of hydrogen-bond donors (Lipinski definition) is 0. The van der Waals surface area contributed by atoms with Crippen LogP contribution in [-0.2, 0) is 5.41 Å². The largest absolute Gasteiger partial charge is 0.309 e. The Morgan fingerprint density at radius 3 is 1.66 bits per heavy atom. The van der Waals surface area contributed by atoms with Gasteiger partial charge < -0.3 is 13.7 Å². The molecule has 2 aliphatic rings. The Bertz CT molecular complexity index is 3900. The van der Waals surface area contributed by atoms with Crippen molar-refractivity contribution in [3.05, 3.63) is 199 Å². The fraction of sp³-hybridized carbons (Fsp3) is 0.0526. The van der Waals surface area contributed by atoms with Crippen LogP contribution in [0.4, 0.5) is 0 Å². The summed E-state index contributed by atoms with van der Waals surface area (Å²) in [6, 6.07) is 70.0. The van der Waals surface area contributed by atoms with Gasteiger partial charge in [0, 0.05) is 69.5 Å². The first kappa shape index (κ1) is 34.8. The summed E-state index contributed by atoms with van der Waals surface area (Å²) in [6.07, 6.45) is 0. The predicted molar refractivity (Wildman–Crippen MR) is 262 cm³/mol. The standard InChI is InChI=1S/C57H37N3S2/c1-57(2)44-19-9-6-16-37(44)40-26-30-49-53(54(40)57)41-27-31-52-56(62-51-23-13-12-22-50(51)61-52)55(41)60(49)36-25-29-48-43(33-36)39-18-8-11-21-46(39)59(48)35-24-28-47-42(32-35)38-17-7-10-20-45(38)58(47)34-14-4-3-5-15-34/h3-33H,1-2H3. The van der Waals surface area contributed by atoms with E-state index < -0.39 is 0 Å². The molecule has 0 radical (unpaired) electrons. The van der Waals surface area contributed by atoms with Crippen LogP contribution in [0.25, 0.3) is 93.6 Å². The number of hydrogen-bond acceptors (Lipinski definition) is 2. The van der Waals surface area contributed by atoms with Gasteiger partial charge in [-0.2, -0.15) is 0 Å². The van der Waals surface area contributed by atoms with Gasteiger partial charge >= 0.3 is 0 Å². The molecule has 3 aromatic heterocycles. The molecule has 9 aromatic carbocycles. The molecule has 0 saturated heterocycles. The summed E-state index contributed by atoms with van der Waals surface area (Å²) in [5, 5.41) is 7.66. The highest BCUT2D eigenvalue weighted by Crippen LogP contribution is 2.57. The highest BCUT2D eigenvalue weighted by Gasteiger charge is 2.38. The van der Waals surface area contributed by atoms with Crippen LogP contribution in [0, 0.1) is 0 Å². The van der Waals surface area contributed by atoms with E-state index in [1.807, 2.05) is 23.5 Å². The van der Waals surface area contributed by atoms with Crippen molar-refractivity contribution in [3.8, 4) is 28.2 Å². The molecule has 5 heteroatoms. The molecule has 0 amide bonds. The van der Waals surface area contributed by atoms with Crippen molar-refractivity contribution in [2.24, 2.45) is 0 Å². The SMILES string of the molecule is CC1(C)c2ccccc2-c2ccc3c(c21)c1ccc2c(c1n3-c1ccc3c(c1)c1ccccc1n3-c1ccc3c(c1)c1ccccc1n3-c1ccccc1)Sc1ccccc1S2. The van der Waals surface area contributed by atoms with E-state index in [0.717, 1.165) is 5.69 Å². The normalized spacial score (nSPS) is 14.0. The third-order valence-electron chi connectivity index (χ3n) is 13.7. The second-order valence-electron chi connectivity index (χ2n) is 17.3. The monoisotopic (exact) mass is 827 g/mol. The molecule has 3 nitrogen and oxygen atoms in total. The Morgan fingerprint density at radius 1 is 0.371 bits per heavy atom. The third-order valence-corrected chi connectivity index (χ3v) is 16.2. The van der Waals surface area contributed by atoms with Crippen molar-refractivity contribution < 1.29 is 0 Å². The second-order valence-corrected chi connectivity index (χ2v) is 19.4. The molecule has 62 heavy (non-hydrogen) atoms. The molecule has 0 bridgehead atoms. The van der Waals surface area contributed by atoms with Crippen molar-refractivity contribution >= 4 is 88.9 Å². The van der Waals surface area contributed by atoms with Crippen LogP contribution in [-0.4, -0.2) is 13.7 Å². The van der Waals surface area contributed by atoms with E-state index in [4.69, 9.17) is 0 Å². The highest BCUT2D eigenvalue weighted by molar-refractivity contribution is 8.05. The fourth-order valence-electron chi connectivity index (χ4n) is 11.0. The lowest BCUT2D eigenvalue weighted by atomic mass is 9.80. The van der Waals surface area contributed by atoms with Gasteiger partial charge in [-0.05, 0) is 107 Å². The summed E-state index contributed by atoms with van der Waals surface area (Å²) in [7, 11) is 0. The van der Waals surface area contributed by atoms with E-state index in [0.29, 0.717) is 0 Å². The lowest BCUT2D eigenvalue weighted by Crippen LogP contribution is -2.15. The Kier molecular flexibility index (Phi) is 7.05. The number of nitrogens with zero attached hydrogens (tertiary/aromatic N) is 3. The number of rotatable bonds is 3. The van der Waals surface area contributed by atoms with Crippen LogP contribution in [0.1, 0.15) is 25.0 Å². The summed E-state index contributed by atoms with van der Waals surface area (Å²) in [5.41, 5.74) is 16.2. The molecule has 1 aliphatic heterocycles. The minimum Gasteiger partial charge on any atom is -0.309 e. The molecule has 4 heterocycles. The topological polar surface area (TPSA) is 14.8 Å². The van der Waals surface area contributed by atoms with Crippen LogP contribution in [0.2, 0.25) is 0 Å². The number of para-hydroxylation sites is 3. The van der Waals surface area contributed by atoms with Crippen LogP contribution in [0.15, 0.2) is 208 Å². The van der Waals surface area contributed by atoms with Crippen LogP contribution in [0.5, 0.6) is 0 Å². The molecule has 0 N–H and O–H groups in total. The van der Waals surface area contributed by atoms with Gasteiger partial charge in [-0.15, -0.1) is 0 Å². The van der Waals surface area contributed by atoms with Gasteiger partial charge in [0.15, 0.2) is 0 Å². The Hall–Kier alpha value is -6.92. The molecular formula is C57H37N3S2. The van der Waals surface area contributed by atoms with Crippen molar-refractivity contribution in [3.63, 3.8) is 0 Å². The van der Waals surface area contributed by atoms with E-state index in [1.54, 1.807) is 0 Å². The summed E-state index contributed by atoms with van der Waals surface area (Å²) in [6.45, 7) is 4.83. The smallest absolute Gasteiger partial charge is 0.0692 e. The molecule has 292 valence electrons. The molecule has 1 aliphatic carbocycles. The third kappa shape index (κ3) is 4.59. The molecule has 0 atom stereocenters. The maximum atomic E-state index is 2.58. The molecular weight excluding hydrogens is 791 g/mol. The van der Waals surface area contributed by atoms with Crippen LogP contribution in [0.3, 0.4) is 0 Å². The van der Waals surface area contributed by atoms with Crippen molar-refractivity contribution in [2.45, 2.75) is 38.8 Å². The van der Waals surface area contributed by atoms with E-state index in [1.165, 1.54) is 119 Å². The summed E-state index contributed by atoms with van der Waals surface area (Å²) >= 11 is 3.81. The van der Waals surface area contributed by atoms with E-state index in [9.17, 15) is 0 Å². The van der Waals surface area contributed by atoms with Crippen molar-refractivity contribution in [1.29, 1.82) is 0 Å². The predicted octanol–water partition coefficient (Wildman–Crippen LogP) is 15.9. The van der Waals surface area contributed by atoms with Gasteiger partial charge in [-0.25, -0.2) is 0 Å².